The summed E-state index contributed by atoms with van der Waals surface area (Å²) < 4.78 is 5.95. The van der Waals surface area contributed by atoms with E-state index in [9.17, 15) is 14.7 Å². The first-order valence-corrected chi connectivity index (χ1v) is 10.4. The summed E-state index contributed by atoms with van der Waals surface area (Å²) in [5.74, 6) is -0.205. The number of fused-ring (bicyclic) bond motifs is 1. The van der Waals surface area contributed by atoms with Crippen molar-refractivity contribution in [2.75, 3.05) is 0 Å². The van der Waals surface area contributed by atoms with Crippen LogP contribution in [0.5, 0.6) is 11.6 Å². The van der Waals surface area contributed by atoms with Gasteiger partial charge < -0.3 is 14.8 Å². The van der Waals surface area contributed by atoms with E-state index in [1.165, 1.54) is 18.5 Å². The smallest absolute Gasteiger partial charge is 0.335 e. The number of aromatic nitrogens is 4. The van der Waals surface area contributed by atoms with E-state index >= 15 is 0 Å². The molecule has 34 heavy (non-hydrogen) atoms. The van der Waals surface area contributed by atoms with Gasteiger partial charge in [0.15, 0.2) is 5.82 Å². The minimum absolute atomic E-state index is 0.222. The van der Waals surface area contributed by atoms with Crippen LogP contribution < -0.4 is 4.74 Å². The summed E-state index contributed by atoms with van der Waals surface area (Å²) in [7, 11) is 0. The molecule has 5 rings (SSSR count). The highest BCUT2D eigenvalue weighted by molar-refractivity contribution is 6.08. The number of rotatable bonds is 6. The maximum Gasteiger partial charge on any atom is 0.335 e. The quantitative estimate of drug-likeness (QED) is 0.348. The van der Waals surface area contributed by atoms with Gasteiger partial charge in [-0.15, -0.1) is 0 Å². The molecule has 0 radical (unpaired) electrons. The number of H-pyrrole nitrogens is 1. The summed E-state index contributed by atoms with van der Waals surface area (Å²) in [6.45, 7) is 1.72. The van der Waals surface area contributed by atoms with Crippen LogP contribution in [0.4, 0.5) is 0 Å². The lowest BCUT2D eigenvalue weighted by Crippen LogP contribution is -2.03. The first-order chi connectivity index (χ1) is 16.5. The number of nitrogens with zero attached hydrogens (tertiary/aromatic N) is 3. The van der Waals surface area contributed by atoms with Crippen LogP contribution in [0.15, 0.2) is 79.1 Å². The molecule has 166 valence electrons. The van der Waals surface area contributed by atoms with Gasteiger partial charge in [0.2, 0.25) is 11.7 Å². The average molecular weight is 450 g/mol. The number of hydrogen-bond acceptors (Lipinski definition) is 6. The van der Waals surface area contributed by atoms with Crippen LogP contribution in [0.1, 0.15) is 32.1 Å². The zero-order chi connectivity index (χ0) is 23.7. The van der Waals surface area contributed by atoms with E-state index in [1.807, 2.05) is 24.3 Å². The van der Waals surface area contributed by atoms with Gasteiger partial charge >= 0.3 is 5.97 Å². The molecule has 0 aliphatic carbocycles. The zero-order valence-corrected chi connectivity index (χ0v) is 18.0. The molecule has 0 saturated heterocycles. The van der Waals surface area contributed by atoms with Crippen LogP contribution >= 0.6 is 0 Å². The normalized spacial score (nSPS) is 10.9. The second-order valence-corrected chi connectivity index (χ2v) is 7.60. The predicted octanol–water partition coefficient (Wildman–Crippen LogP) is 5.05. The first kappa shape index (κ1) is 21.0. The standard InChI is InChI=1S/C26H18N4O4/c1-15-14-17(8-11-19(15)26(32)33)22-25(28-13-12-27-22)34-18-9-6-16(7-10-18)23(31)24-29-20-4-2-3-5-21(20)30-24/h2-14H,1H3,(H,29,30)(H,32,33). The van der Waals surface area contributed by atoms with Crippen molar-refractivity contribution in [2.45, 2.75) is 6.92 Å². The number of hydrogen-bond donors (Lipinski definition) is 2. The van der Waals surface area contributed by atoms with Gasteiger partial charge in [-0.1, -0.05) is 18.2 Å². The van der Waals surface area contributed by atoms with E-state index in [0.29, 0.717) is 28.1 Å². The van der Waals surface area contributed by atoms with Crippen molar-refractivity contribution < 1.29 is 19.4 Å². The molecular formula is C26H18N4O4. The number of carbonyl (C=O) groups excluding carboxylic acids is 1. The highest BCUT2D eigenvalue weighted by Crippen LogP contribution is 2.31. The van der Waals surface area contributed by atoms with E-state index in [4.69, 9.17) is 4.74 Å². The molecule has 8 nitrogen and oxygen atoms in total. The number of para-hydroxylation sites is 2. The minimum atomic E-state index is -0.989. The summed E-state index contributed by atoms with van der Waals surface area (Å²) in [5, 5.41) is 9.27. The summed E-state index contributed by atoms with van der Waals surface area (Å²) in [5.41, 5.74) is 3.98. The number of ether oxygens (including phenoxy) is 1. The van der Waals surface area contributed by atoms with Crippen molar-refractivity contribution in [1.82, 2.24) is 19.9 Å². The number of aromatic carboxylic acids is 1. The fraction of sp³-hybridized carbons (Fsp3) is 0.0385. The first-order valence-electron chi connectivity index (χ1n) is 10.4. The van der Waals surface area contributed by atoms with E-state index in [0.717, 1.165) is 11.0 Å². The number of imidazole rings is 1. The third-order valence-corrected chi connectivity index (χ3v) is 5.33. The fourth-order valence-corrected chi connectivity index (χ4v) is 3.63. The number of aromatic amines is 1. The van der Waals surface area contributed by atoms with Crippen molar-refractivity contribution in [3.05, 3.63) is 102 Å². The second kappa shape index (κ2) is 8.59. The molecule has 0 unspecified atom stereocenters. The molecule has 0 aliphatic rings. The largest absolute Gasteiger partial charge is 0.478 e. The molecule has 2 heterocycles. The van der Waals surface area contributed by atoms with Gasteiger partial charge in [0.1, 0.15) is 11.4 Å². The highest BCUT2D eigenvalue weighted by Gasteiger charge is 2.16. The number of carboxylic acids is 1. The van der Waals surface area contributed by atoms with Gasteiger partial charge in [-0.3, -0.25) is 4.79 Å². The minimum Gasteiger partial charge on any atom is -0.478 e. The Hall–Kier alpha value is -4.85. The molecular weight excluding hydrogens is 432 g/mol. The maximum atomic E-state index is 12.8. The van der Waals surface area contributed by atoms with E-state index in [1.54, 1.807) is 43.3 Å². The van der Waals surface area contributed by atoms with Gasteiger partial charge in [-0.05, 0) is 61.0 Å². The van der Waals surface area contributed by atoms with Crippen molar-refractivity contribution in [2.24, 2.45) is 0 Å². The molecule has 0 atom stereocenters. The summed E-state index contributed by atoms with van der Waals surface area (Å²) >= 11 is 0. The third-order valence-electron chi connectivity index (χ3n) is 5.33. The summed E-state index contributed by atoms with van der Waals surface area (Å²) in [6.07, 6.45) is 3.05. The van der Waals surface area contributed by atoms with Gasteiger partial charge in [-0.2, -0.15) is 0 Å². The molecule has 8 heteroatoms. The topological polar surface area (TPSA) is 118 Å². The van der Waals surface area contributed by atoms with Gasteiger partial charge in [0.05, 0.1) is 16.6 Å². The summed E-state index contributed by atoms with van der Waals surface area (Å²) in [4.78, 5) is 40.2. The number of nitrogens with one attached hydrogen (secondary N) is 1. The van der Waals surface area contributed by atoms with Gasteiger partial charge in [0, 0.05) is 23.5 Å². The molecule has 5 aromatic rings. The molecule has 0 saturated carbocycles. The van der Waals surface area contributed by atoms with Crippen LogP contribution in [0.25, 0.3) is 22.3 Å². The lowest BCUT2D eigenvalue weighted by atomic mass is 10.0. The van der Waals surface area contributed by atoms with Crippen molar-refractivity contribution in [1.29, 1.82) is 0 Å². The van der Waals surface area contributed by atoms with E-state index in [2.05, 4.69) is 19.9 Å². The van der Waals surface area contributed by atoms with Crippen LogP contribution in [0, 0.1) is 6.92 Å². The number of ketones is 1. The summed E-state index contributed by atoms with van der Waals surface area (Å²) in [6, 6.07) is 19.1. The molecule has 3 aromatic carbocycles. The number of benzene rings is 3. The zero-order valence-electron chi connectivity index (χ0n) is 18.0. The lowest BCUT2D eigenvalue weighted by Gasteiger charge is -2.11. The number of carboxylic acid groups (broad SMARTS) is 1. The van der Waals surface area contributed by atoms with Crippen LogP contribution in [0.2, 0.25) is 0 Å². The number of carbonyl (C=O) groups is 2. The Labute approximate surface area is 193 Å². The third kappa shape index (κ3) is 4.00. The molecule has 0 fully saturated rings. The molecule has 0 bridgehead atoms. The molecule has 2 N–H and O–H groups in total. The SMILES string of the molecule is Cc1cc(-c2nccnc2Oc2ccc(C(=O)c3nc4ccccc4[nH]3)cc2)ccc1C(=O)O. The highest BCUT2D eigenvalue weighted by atomic mass is 16.5. The Morgan fingerprint density at radius 2 is 1.71 bits per heavy atom. The van der Waals surface area contributed by atoms with Gasteiger partial charge in [-0.25, -0.2) is 19.7 Å². The van der Waals surface area contributed by atoms with Crippen molar-refractivity contribution >= 4 is 22.8 Å². The van der Waals surface area contributed by atoms with Crippen molar-refractivity contribution in [3.8, 4) is 22.9 Å². The van der Waals surface area contributed by atoms with Crippen molar-refractivity contribution in [3.63, 3.8) is 0 Å². The monoisotopic (exact) mass is 450 g/mol. The number of aryl methyl sites for hydroxylation is 1. The van der Waals surface area contributed by atoms with E-state index in [-0.39, 0.29) is 23.1 Å². The lowest BCUT2D eigenvalue weighted by molar-refractivity contribution is 0.0696. The van der Waals surface area contributed by atoms with E-state index < -0.39 is 5.97 Å². The Kier molecular flexibility index (Phi) is 5.31. The Bertz CT molecular complexity index is 1510. The second-order valence-electron chi connectivity index (χ2n) is 7.60. The maximum absolute atomic E-state index is 12.8. The molecule has 0 aliphatic heterocycles. The van der Waals surface area contributed by atoms with Crippen LogP contribution in [0.3, 0.4) is 0 Å². The Morgan fingerprint density at radius 3 is 2.44 bits per heavy atom. The Balaban J connectivity index is 1.39. The van der Waals surface area contributed by atoms with Gasteiger partial charge in [0.25, 0.3) is 0 Å². The molecule has 0 amide bonds. The molecule has 2 aromatic heterocycles. The predicted molar refractivity (Wildman–Crippen MR) is 125 cm³/mol. The van der Waals surface area contributed by atoms with Crippen LogP contribution in [-0.4, -0.2) is 36.8 Å². The average Bonchev–Trinajstić information content (AvgIpc) is 3.28. The fourth-order valence-electron chi connectivity index (χ4n) is 3.63. The molecule has 0 spiro atoms. The Morgan fingerprint density at radius 1 is 0.941 bits per heavy atom. The van der Waals surface area contributed by atoms with Crippen LogP contribution in [-0.2, 0) is 0 Å².